The van der Waals surface area contributed by atoms with E-state index in [0.717, 1.165) is 22.9 Å². The lowest BCUT2D eigenvalue weighted by molar-refractivity contribution is -0.142. The molecule has 0 spiro atoms. The van der Waals surface area contributed by atoms with Gasteiger partial charge in [-0.1, -0.05) is 58.7 Å². The van der Waals surface area contributed by atoms with Crippen LogP contribution in [0.15, 0.2) is 30.5 Å². The van der Waals surface area contributed by atoms with Crippen LogP contribution in [-0.4, -0.2) is 64.5 Å². The van der Waals surface area contributed by atoms with Crippen molar-refractivity contribution in [2.24, 2.45) is 23.3 Å². The van der Waals surface area contributed by atoms with E-state index in [1.807, 2.05) is 38.1 Å². The van der Waals surface area contributed by atoms with Gasteiger partial charge in [-0.3, -0.25) is 14.4 Å². The Bertz CT molecular complexity index is 1120. The highest BCUT2D eigenvalue weighted by molar-refractivity contribution is 5.94. The summed E-state index contributed by atoms with van der Waals surface area (Å²) in [5.74, 6) is -3.33. The molecular weight excluding hydrogens is 500 g/mol. The maximum atomic E-state index is 13.3. The van der Waals surface area contributed by atoms with Crippen LogP contribution in [0, 0.1) is 11.8 Å². The SMILES string of the molecule is CCC(C)C(NC(=O)C(N)CCCCN)C(=O)NC(C(=O)NC(Cc1c[nH]c2ccccc12)C(=O)O)C(C)C. The molecule has 0 saturated heterocycles. The highest BCUT2D eigenvalue weighted by atomic mass is 16.4. The first kappa shape index (κ1) is 31.8. The van der Waals surface area contributed by atoms with Crippen molar-refractivity contribution >= 4 is 34.6 Å². The van der Waals surface area contributed by atoms with Crippen LogP contribution in [0.25, 0.3) is 10.9 Å². The molecule has 2 aromatic rings. The number of carbonyl (C=O) groups excluding carboxylic acids is 3. The zero-order valence-corrected chi connectivity index (χ0v) is 23.3. The van der Waals surface area contributed by atoms with Crippen molar-refractivity contribution in [3.8, 4) is 0 Å². The van der Waals surface area contributed by atoms with Gasteiger partial charge in [-0.15, -0.1) is 0 Å². The van der Waals surface area contributed by atoms with Gasteiger partial charge in [0.05, 0.1) is 6.04 Å². The van der Waals surface area contributed by atoms with Gasteiger partial charge in [-0.2, -0.15) is 0 Å². The minimum absolute atomic E-state index is 0.0669. The van der Waals surface area contributed by atoms with E-state index in [1.165, 1.54) is 0 Å². The van der Waals surface area contributed by atoms with Crippen molar-refractivity contribution in [1.29, 1.82) is 0 Å². The largest absolute Gasteiger partial charge is 0.480 e. The average molecular weight is 545 g/mol. The number of unbranched alkanes of at least 4 members (excludes halogenated alkanes) is 1. The zero-order valence-electron chi connectivity index (χ0n) is 23.3. The molecule has 11 heteroatoms. The molecule has 1 aromatic carbocycles. The fourth-order valence-corrected chi connectivity index (χ4v) is 4.36. The summed E-state index contributed by atoms with van der Waals surface area (Å²) in [5, 5.41) is 18.8. The third-order valence-corrected chi connectivity index (χ3v) is 7.06. The maximum Gasteiger partial charge on any atom is 0.326 e. The second kappa shape index (κ2) is 15.2. The lowest BCUT2D eigenvalue weighted by atomic mass is 9.95. The third-order valence-electron chi connectivity index (χ3n) is 7.06. The molecule has 0 saturated carbocycles. The van der Waals surface area contributed by atoms with Gasteiger partial charge >= 0.3 is 5.97 Å². The van der Waals surface area contributed by atoms with Gasteiger partial charge in [-0.05, 0) is 42.9 Å². The average Bonchev–Trinajstić information content (AvgIpc) is 3.31. The Labute approximate surface area is 229 Å². The Balaban J connectivity index is 2.13. The summed E-state index contributed by atoms with van der Waals surface area (Å²) in [7, 11) is 0. The number of carboxylic acids is 1. The van der Waals surface area contributed by atoms with Crippen LogP contribution in [-0.2, 0) is 25.6 Å². The second-order valence-corrected chi connectivity index (χ2v) is 10.5. The third kappa shape index (κ3) is 9.07. The first-order valence-corrected chi connectivity index (χ1v) is 13.6. The predicted octanol–water partition coefficient (Wildman–Crippen LogP) is 1.41. The van der Waals surface area contributed by atoms with Gasteiger partial charge in [0.2, 0.25) is 17.7 Å². The number of nitrogens with one attached hydrogen (secondary N) is 4. The number of aromatic nitrogens is 1. The zero-order chi connectivity index (χ0) is 29.1. The number of aromatic amines is 1. The van der Waals surface area contributed by atoms with Crippen molar-refractivity contribution in [1.82, 2.24) is 20.9 Å². The smallest absolute Gasteiger partial charge is 0.326 e. The summed E-state index contributed by atoms with van der Waals surface area (Å²) in [6, 6.07) is 3.61. The number of fused-ring (bicyclic) bond motifs is 1. The molecule has 5 atom stereocenters. The van der Waals surface area contributed by atoms with Gasteiger partial charge in [0.15, 0.2) is 0 Å². The van der Waals surface area contributed by atoms with E-state index in [1.54, 1.807) is 20.0 Å². The molecule has 39 heavy (non-hydrogen) atoms. The van der Waals surface area contributed by atoms with Crippen LogP contribution in [0.4, 0.5) is 0 Å². The van der Waals surface area contributed by atoms with Crippen LogP contribution >= 0.6 is 0 Å². The molecule has 0 aliphatic rings. The number of hydrogen-bond acceptors (Lipinski definition) is 6. The molecule has 0 aliphatic carbocycles. The van der Waals surface area contributed by atoms with Crippen molar-refractivity contribution < 1.29 is 24.3 Å². The number of nitrogens with two attached hydrogens (primary N) is 2. The minimum Gasteiger partial charge on any atom is -0.480 e. The fourth-order valence-electron chi connectivity index (χ4n) is 4.36. The van der Waals surface area contributed by atoms with Crippen LogP contribution < -0.4 is 27.4 Å². The molecule has 2 rings (SSSR count). The van der Waals surface area contributed by atoms with Gasteiger partial charge in [-0.25, -0.2) is 4.79 Å². The predicted molar refractivity (Wildman–Crippen MR) is 151 cm³/mol. The Morgan fingerprint density at radius 2 is 1.59 bits per heavy atom. The Morgan fingerprint density at radius 1 is 0.949 bits per heavy atom. The number of carbonyl (C=O) groups is 4. The van der Waals surface area contributed by atoms with Crippen molar-refractivity contribution in [2.75, 3.05) is 6.54 Å². The first-order valence-electron chi connectivity index (χ1n) is 13.6. The molecule has 1 heterocycles. The molecule has 0 aliphatic heterocycles. The number of rotatable bonds is 16. The van der Waals surface area contributed by atoms with E-state index in [9.17, 15) is 24.3 Å². The Kier molecular flexibility index (Phi) is 12.4. The molecule has 3 amide bonds. The standard InChI is InChI=1S/C28H44N6O5/c1-5-17(4)24(34-25(35)20(30)11-8-9-13-29)27(37)33-23(16(2)3)26(36)32-22(28(38)39)14-18-15-31-21-12-7-6-10-19(18)21/h6-7,10,12,15-17,20,22-24,31H,5,8-9,11,13-14,29-30H2,1-4H3,(H,32,36)(H,33,37)(H,34,35)(H,38,39). The minimum atomic E-state index is -1.20. The van der Waals surface area contributed by atoms with Crippen molar-refractivity contribution in [3.63, 3.8) is 0 Å². The number of benzene rings is 1. The molecule has 0 fully saturated rings. The first-order chi connectivity index (χ1) is 18.5. The van der Waals surface area contributed by atoms with E-state index >= 15 is 0 Å². The van der Waals surface area contributed by atoms with Crippen LogP contribution in [0.2, 0.25) is 0 Å². The van der Waals surface area contributed by atoms with E-state index in [-0.39, 0.29) is 18.3 Å². The van der Waals surface area contributed by atoms with Crippen molar-refractivity contribution in [3.05, 3.63) is 36.0 Å². The van der Waals surface area contributed by atoms with Gasteiger partial charge < -0.3 is 37.5 Å². The quantitative estimate of drug-likeness (QED) is 0.155. The van der Waals surface area contributed by atoms with Crippen molar-refractivity contribution in [2.45, 2.75) is 84.0 Å². The van der Waals surface area contributed by atoms with E-state index in [2.05, 4.69) is 20.9 Å². The van der Waals surface area contributed by atoms with Crippen LogP contribution in [0.5, 0.6) is 0 Å². The normalized spacial score (nSPS) is 15.3. The summed E-state index contributed by atoms with van der Waals surface area (Å²) < 4.78 is 0. The summed E-state index contributed by atoms with van der Waals surface area (Å²) in [5.41, 5.74) is 13.1. The topological polar surface area (TPSA) is 192 Å². The van der Waals surface area contributed by atoms with Gasteiger partial charge in [0.25, 0.3) is 0 Å². The van der Waals surface area contributed by atoms with E-state index in [4.69, 9.17) is 11.5 Å². The lowest BCUT2D eigenvalue weighted by Gasteiger charge is -2.29. The number of carboxylic acid groups (broad SMARTS) is 1. The fraction of sp³-hybridized carbons (Fsp3) is 0.571. The van der Waals surface area contributed by atoms with Crippen LogP contribution in [0.3, 0.4) is 0 Å². The van der Waals surface area contributed by atoms with Crippen LogP contribution in [0.1, 0.15) is 58.9 Å². The molecule has 1 aromatic heterocycles. The molecule has 5 unspecified atom stereocenters. The molecule has 9 N–H and O–H groups in total. The highest BCUT2D eigenvalue weighted by Gasteiger charge is 2.33. The van der Waals surface area contributed by atoms with E-state index in [0.29, 0.717) is 25.8 Å². The number of H-pyrrole nitrogens is 1. The number of aliphatic carboxylic acids is 1. The summed E-state index contributed by atoms with van der Waals surface area (Å²) in [6.07, 6.45) is 4.29. The van der Waals surface area contributed by atoms with E-state index < -0.39 is 47.9 Å². The number of amides is 3. The second-order valence-electron chi connectivity index (χ2n) is 10.5. The molecule has 0 radical (unpaired) electrons. The summed E-state index contributed by atoms with van der Waals surface area (Å²) in [4.78, 5) is 54.4. The molecular formula is C28H44N6O5. The summed E-state index contributed by atoms with van der Waals surface area (Å²) >= 11 is 0. The number of para-hydroxylation sites is 1. The Hall–Kier alpha value is -3.44. The maximum absolute atomic E-state index is 13.3. The monoisotopic (exact) mass is 544 g/mol. The van der Waals surface area contributed by atoms with Gasteiger partial charge in [0.1, 0.15) is 18.1 Å². The number of hydrogen-bond donors (Lipinski definition) is 7. The summed E-state index contributed by atoms with van der Waals surface area (Å²) in [6.45, 7) is 7.74. The Morgan fingerprint density at radius 3 is 2.21 bits per heavy atom. The molecule has 11 nitrogen and oxygen atoms in total. The van der Waals surface area contributed by atoms with Gasteiger partial charge in [0, 0.05) is 23.5 Å². The lowest BCUT2D eigenvalue weighted by Crippen LogP contribution is -2.59. The molecule has 216 valence electrons. The molecule has 0 bridgehead atoms. The highest BCUT2D eigenvalue weighted by Crippen LogP contribution is 2.19.